The molecule has 1 saturated carbocycles. The summed E-state index contributed by atoms with van der Waals surface area (Å²) in [5.41, 5.74) is 0.467. The number of rotatable bonds is 3. The largest absolute Gasteiger partial charge is 0.300 e. The lowest BCUT2D eigenvalue weighted by molar-refractivity contribution is -0.118. The summed E-state index contributed by atoms with van der Waals surface area (Å²) < 4.78 is 0. The van der Waals surface area contributed by atoms with Crippen LogP contribution in [0.5, 0.6) is 0 Å². The van der Waals surface area contributed by atoms with Gasteiger partial charge in [0.15, 0.2) is 0 Å². The van der Waals surface area contributed by atoms with E-state index < -0.39 is 0 Å². The maximum Gasteiger partial charge on any atom is 0.130 e. The second-order valence-electron chi connectivity index (χ2n) is 6.86. The Morgan fingerprint density at radius 2 is 1.69 bits per heavy atom. The first-order chi connectivity index (χ1) is 7.30. The minimum Gasteiger partial charge on any atom is -0.300 e. The van der Waals surface area contributed by atoms with E-state index >= 15 is 0 Å². The zero-order valence-corrected chi connectivity index (χ0v) is 11.7. The van der Waals surface area contributed by atoms with Crippen molar-refractivity contribution in [3.8, 4) is 0 Å². The van der Waals surface area contributed by atoms with Crippen molar-refractivity contribution in [3.05, 3.63) is 0 Å². The fourth-order valence-electron chi connectivity index (χ4n) is 3.17. The molecule has 16 heavy (non-hydrogen) atoms. The highest BCUT2D eigenvalue weighted by Gasteiger charge is 2.31. The lowest BCUT2D eigenvalue weighted by Gasteiger charge is -2.38. The number of carbonyl (C=O) groups is 1. The molecule has 1 atom stereocenters. The Morgan fingerprint density at radius 1 is 1.19 bits per heavy atom. The van der Waals surface area contributed by atoms with Gasteiger partial charge >= 0.3 is 0 Å². The third-order valence-corrected chi connectivity index (χ3v) is 4.41. The van der Waals surface area contributed by atoms with E-state index in [1.807, 2.05) is 0 Å². The number of hydrogen-bond donors (Lipinski definition) is 0. The molecule has 0 bridgehead atoms. The fraction of sp³-hybridized carbons (Fsp3) is 0.933. The molecule has 0 N–H and O–H groups in total. The molecule has 1 aliphatic carbocycles. The summed E-state index contributed by atoms with van der Waals surface area (Å²) in [6.45, 7) is 11.0. The van der Waals surface area contributed by atoms with Gasteiger partial charge in [0.2, 0.25) is 0 Å². The van der Waals surface area contributed by atoms with Gasteiger partial charge in [-0.25, -0.2) is 0 Å². The Hall–Kier alpha value is -0.330. The van der Waals surface area contributed by atoms with Crippen LogP contribution in [0.25, 0.3) is 0 Å². The molecule has 0 aromatic carbocycles. The van der Waals surface area contributed by atoms with Crippen LogP contribution in [0.2, 0.25) is 0 Å². The van der Waals surface area contributed by atoms with Crippen LogP contribution in [-0.2, 0) is 4.79 Å². The number of Topliss-reactive ketones (excluding diaryl/α,β-unsaturated/α-hetero) is 1. The van der Waals surface area contributed by atoms with Gasteiger partial charge in [-0.05, 0) is 55.8 Å². The molecular formula is C15H28O. The highest BCUT2D eigenvalue weighted by atomic mass is 16.1. The van der Waals surface area contributed by atoms with Crippen LogP contribution < -0.4 is 0 Å². The van der Waals surface area contributed by atoms with Crippen molar-refractivity contribution in [2.45, 2.75) is 66.7 Å². The Balaban J connectivity index is 2.40. The molecule has 0 aromatic rings. The topological polar surface area (TPSA) is 17.1 Å². The summed E-state index contributed by atoms with van der Waals surface area (Å²) in [5.74, 6) is 2.62. The predicted octanol–water partition coefficient (Wildman–Crippen LogP) is 4.45. The Bertz CT molecular complexity index is 228. The Morgan fingerprint density at radius 3 is 2.06 bits per heavy atom. The quantitative estimate of drug-likeness (QED) is 0.692. The van der Waals surface area contributed by atoms with Gasteiger partial charge in [-0.1, -0.05) is 27.7 Å². The van der Waals surface area contributed by atoms with Crippen LogP contribution in [0.3, 0.4) is 0 Å². The van der Waals surface area contributed by atoms with Crippen molar-refractivity contribution in [2.75, 3.05) is 0 Å². The van der Waals surface area contributed by atoms with E-state index in [0.717, 1.165) is 18.3 Å². The van der Waals surface area contributed by atoms with Crippen LogP contribution in [0.15, 0.2) is 0 Å². The molecule has 1 nitrogen and oxygen atoms in total. The predicted molar refractivity (Wildman–Crippen MR) is 69.4 cm³/mol. The van der Waals surface area contributed by atoms with Crippen molar-refractivity contribution in [3.63, 3.8) is 0 Å². The van der Waals surface area contributed by atoms with E-state index in [9.17, 15) is 4.79 Å². The number of hydrogen-bond acceptors (Lipinski definition) is 1. The summed E-state index contributed by atoms with van der Waals surface area (Å²) in [4.78, 5) is 11.1. The zero-order valence-electron chi connectivity index (χ0n) is 11.7. The molecule has 0 amide bonds. The van der Waals surface area contributed by atoms with Gasteiger partial charge in [0.25, 0.3) is 0 Å². The van der Waals surface area contributed by atoms with Gasteiger partial charge in [-0.2, -0.15) is 0 Å². The minimum atomic E-state index is 0.352. The third kappa shape index (κ3) is 3.92. The smallest absolute Gasteiger partial charge is 0.130 e. The molecule has 0 spiro atoms. The van der Waals surface area contributed by atoms with Gasteiger partial charge in [0, 0.05) is 6.42 Å². The van der Waals surface area contributed by atoms with Gasteiger partial charge in [-0.3, -0.25) is 0 Å². The molecular weight excluding hydrogens is 196 g/mol. The van der Waals surface area contributed by atoms with E-state index in [1.165, 1.54) is 25.7 Å². The SMILES string of the molecule is CC(=O)CC(C)C1CCC(C(C)(C)C)CC1. The maximum absolute atomic E-state index is 11.1. The summed E-state index contributed by atoms with van der Waals surface area (Å²) in [6, 6.07) is 0. The van der Waals surface area contributed by atoms with E-state index in [1.54, 1.807) is 6.92 Å². The van der Waals surface area contributed by atoms with Gasteiger partial charge in [0.1, 0.15) is 5.78 Å². The average Bonchev–Trinajstić information content (AvgIpc) is 2.15. The summed E-state index contributed by atoms with van der Waals surface area (Å²) in [6.07, 6.45) is 6.16. The van der Waals surface area contributed by atoms with Crippen molar-refractivity contribution < 1.29 is 4.79 Å². The number of carbonyl (C=O) groups excluding carboxylic acids is 1. The van der Waals surface area contributed by atoms with Crippen molar-refractivity contribution in [1.82, 2.24) is 0 Å². The van der Waals surface area contributed by atoms with Crippen LogP contribution in [0, 0.1) is 23.2 Å². The van der Waals surface area contributed by atoms with E-state index in [4.69, 9.17) is 0 Å². The third-order valence-electron chi connectivity index (χ3n) is 4.41. The summed E-state index contributed by atoms with van der Waals surface area (Å²) in [7, 11) is 0. The van der Waals surface area contributed by atoms with Gasteiger partial charge < -0.3 is 4.79 Å². The lowest BCUT2D eigenvalue weighted by Crippen LogP contribution is -2.28. The van der Waals surface area contributed by atoms with Gasteiger partial charge in [0.05, 0.1) is 0 Å². The van der Waals surface area contributed by atoms with Crippen molar-refractivity contribution in [1.29, 1.82) is 0 Å². The Kier molecular flexibility index (Phi) is 4.58. The van der Waals surface area contributed by atoms with Crippen molar-refractivity contribution in [2.24, 2.45) is 23.2 Å². The maximum atomic E-state index is 11.1. The second-order valence-corrected chi connectivity index (χ2v) is 6.86. The van der Waals surface area contributed by atoms with Crippen LogP contribution in [0.1, 0.15) is 66.7 Å². The normalized spacial score (nSPS) is 28.8. The van der Waals surface area contributed by atoms with Crippen LogP contribution >= 0.6 is 0 Å². The van der Waals surface area contributed by atoms with E-state index in [2.05, 4.69) is 27.7 Å². The molecule has 1 heteroatoms. The van der Waals surface area contributed by atoms with Crippen molar-refractivity contribution >= 4 is 5.78 Å². The molecule has 0 aliphatic heterocycles. The zero-order chi connectivity index (χ0) is 12.3. The molecule has 1 aliphatic rings. The van der Waals surface area contributed by atoms with E-state index in [-0.39, 0.29) is 0 Å². The Labute approximate surface area is 101 Å². The highest BCUT2D eigenvalue weighted by molar-refractivity contribution is 5.75. The van der Waals surface area contributed by atoms with E-state index in [0.29, 0.717) is 17.1 Å². The summed E-state index contributed by atoms with van der Waals surface area (Å²) in [5, 5.41) is 0. The monoisotopic (exact) mass is 224 g/mol. The second kappa shape index (κ2) is 5.33. The number of ketones is 1. The highest BCUT2D eigenvalue weighted by Crippen LogP contribution is 2.42. The van der Waals surface area contributed by atoms with Gasteiger partial charge in [-0.15, -0.1) is 0 Å². The fourth-order valence-corrected chi connectivity index (χ4v) is 3.17. The molecule has 1 unspecified atom stereocenters. The minimum absolute atomic E-state index is 0.352. The lowest BCUT2D eigenvalue weighted by atomic mass is 9.67. The summed E-state index contributed by atoms with van der Waals surface area (Å²) >= 11 is 0. The van der Waals surface area contributed by atoms with Crippen LogP contribution in [0.4, 0.5) is 0 Å². The standard InChI is InChI=1S/C15H28O/c1-11(10-12(2)16)13-6-8-14(9-7-13)15(3,4)5/h11,13-14H,6-10H2,1-5H3. The first-order valence-electron chi connectivity index (χ1n) is 6.80. The molecule has 1 fully saturated rings. The molecule has 0 aromatic heterocycles. The first-order valence-corrected chi connectivity index (χ1v) is 6.80. The molecule has 0 saturated heterocycles. The molecule has 94 valence electrons. The molecule has 0 radical (unpaired) electrons. The average molecular weight is 224 g/mol. The first kappa shape index (κ1) is 13.7. The molecule has 1 rings (SSSR count). The van der Waals surface area contributed by atoms with Crippen LogP contribution in [-0.4, -0.2) is 5.78 Å². The molecule has 0 heterocycles.